The molecule has 0 spiro atoms. The van der Waals surface area contributed by atoms with E-state index in [0.29, 0.717) is 17.8 Å². The van der Waals surface area contributed by atoms with Gasteiger partial charge < -0.3 is 4.90 Å². The molecule has 0 atom stereocenters. The molecule has 1 aromatic carbocycles. The fraction of sp³-hybridized carbons (Fsp3) is 0.333. The van der Waals surface area contributed by atoms with Crippen LogP contribution in [0.1, 0.15) is 25.8 Å². The quantitative estimate of drug-likeness (QED) is 0.780. The summed E-state index contributed by atoms with van der Waals surface area (Å²) in [5.74, 6) is 0. The molecule has 25 heavy (non-hydrogen) atoms. The Balaban J connectivity index is 2.59. The minimum Gasteiger partial charge on any atom is -0.323 e. The van der Waals surface area contributed by atoms with Crippen LogP contribution >= 0.6 is 11.6 Å². The molecule has 0 fully saturated rings. The summed E-state index contributed by atoms with van der Waals surface area (Å²) >= 11 is 5.78. The van der Waals surface area contributed by atoms with Crippen LogP contribution in [0.4, 0.5) is 13.6 Å². The summed E-state index contributed by atoms with van der Waals surface area (Å²) in [7, 11) is -4.36. The number of benzene rings is 1. The predicted octanol–water partition coefficient (Wildman–Crippen LogP) is 3.62. The van der Waals surface area contributed by atoms with Crippen molar-refractivity contribution in [2.75, 3.05) is 13.1 Å². The Bertz CT molecular complexity index is 880. The van der Waals surface area contributed by atoms with E-state index in [4.69, 9.17) is 11.6 Å². The second-order valence-electron chi connectivity index (χ2n) is 5.05. The van der Waals surface area contributed by atoms with Gasteiger partial charge in [0.1, 0.15) is 0 Å². The van der Waals surface area contributed by atoms with Crippen LogP contribution < -0.4 is 0 Å². The molecule has 2 rings (SSSR count). The third-order valence-electron chi connectivity index (χ3n) is 3.53. The second-order valence-corrected chi connectivity index (χ2v) is 7.35. The maximum absolute atomic E-state index is 13.3. The van der Waals surface area contributed by atoms with Gasteiger partial charge in [-0.15, -0.1) is 0 Å². The van der Waals surface area contributed by atoms with Crippen LogP contribution in [0.2, 0.25) is 5.02 Å². The molecule has 2 aromatic rings. The van der Waals surface area contributed by atoms with E-state index in [2.05, 4.69) is 5.10 Å². The lowest BCUT2D eigenvalue weighted by Crippen LogP contribution is -2.34. The average Bonchev–Trinajstić information content (AvgIpc) is 3.02. The van der Waals surface area contributed by atoms with Crippen LogP contribution in [0.25, 0.3) is 0 Å². The molecule has 0 saturated carbocycles. The van der Waals surface area contributed by atoms with Gasteiger partial charge in [-0.1, -0.05) is 17.7 Å². The molecular weight excluding hydrogens is 376 g/mol. The van der Waals surface area contributed by atoms with Crippen molar-refractivity contribution in [1.82, 2.24) is 14.7 Å². The van der Waals surface area contributed by atoms with Crippen molar-refractivity contribution in [3.63, 3.8) is 0 Å². The molecule has 0 aliphatic carbocycles. The van der Waals surface area contributed by atoms with Crippen LogP contribution in [0.3, 0.4) is 0 Å². The highest BCUT2D eigenvalue weighted by Gasteiger charge is 2.31. The molecule has 0 radical (unpaired) electrons. The van der Waals surface area contributed by atoms with Gasteiger partial charge in [0.15, 0.2) is 5.03 Å². The summed E-state index contributed by atoms with van der Waals surface area (Å²) in [5.41, 5.74) is -0.833. The zero-order valence-corrected chi connectivity index (χ0v) is 15.1. The molecule has 10 heteroatoms. The zero-order valence-electron chi connectivity index (χ0n) is 13.5. The Morgan fingerprint density at radius 1 is 1.32 bits per heavy atom. The lowest BCUT2D eigenvalue weighted by Gasteiger charge is -2.17. The first-order chi connectivity index (χ1) is 11.7. The van der Waals surface area contributed by atoms with E-state index >= 15 is 0 Å². The van der Waals surface area contributed by atoms with Gasteiger partial charge in [0.05, 0.1) is 10.5 Å². The third kappa shape index (κ3) is 3.82. The van der Waals surface area contributed by atoms with E-state index in [-0.39, 0.29) is 9.92 Å². The lowest BCUT2D eigenvalue weighted by molar-refractivity contribution is 0.148. The number of alkyl halides is 2. The molecule has 0 aliphatic rings. The van der Waals surface area contributed by atoms with Crippen LogP contribution in [0.5, 0.6) is 0 Å². The molecule has 0 unspecified atom stereocenters. The van der Waals surface area contributed by atoms with Gasteiger partial charge in [-0.2, -0.15) is 9.78 Å². The first-order valence-corrected chi connectivity index (χ1v) is 9.26. The van der Waals surface area contributed by atoms with Crippen molar-refractivity contribution in [3.8, 4) is 0 Å². The smallest absolute Gasteiger partial charge is 0.323 e. The summed E-state index contributed by atoms with van der Waals surface area (Å²) in [4.78, 5) is 13.3. The van der Waals surface area contributed by atoms with E-state index < -0.39 is 32.9 Å². The standard InChI is InChI=1S/C15H16ClF2N3O3S/c1-3-20(4-2)15(22)21-9-12(13(17)18)14(19-21)25(23,24)11-7-5-6-10(16)8-11/h5-9,13H,3-4H2,1-2H3. The Labute approximate surface area is 148 Å². The summed E-state index contributed by atoms with van der Waals surface area (Å²) in [6.07, 6.45) is -2.36. The van der Waals surface area contributed by atoms with Crippen molar-refractivity contribution >= 4 is 27.5 Å². The largest absolute Gasteiger partial charge is 0.344 e. The van der Waals surface area contributed by atoms with Crippen molar-refractivity contribution in [2.24, 2.45) is 0 Å². The van der Waals surface area contributed by atoms with Gasteiger partial charge >= 0.3 is 6.03 Å². The fourth-order valence-electron chi connectivity index (χ4n) is 2.21. The maximum Gasteiger partial charge on any atom is 0.344 e. The van der Waals surface area contributed by atoms with Crippen molar-refractivity contribution in [3.05, 3.63) is 41.0 Å². The Morgan fingerprint density at radius 3 is 2.48 bits per heavy atom. The van der Waals surface area contributed by atoms with E-state index in [1.54, 1.807) is 13.8 Å². The SMILES string of the molecule is CCN(CC)C(=O)n1cc(C(F)F)c(S(=O)(=O)c2cccc(Cl)c2)n1. The summed E-state index contributed by atoms with van der Waals surface area (Å²) in [5, 5.41) is 2.92. The maximum atomic E-state index is 13.3. The minimum absolute atomic E-state index is 0.137. The normalized spacial score (nSPS) is 11.8. The van der Waals surface area contributed by atoms with Gasteiger partial charge in [-0.3, -0.25) is 0 Å². The van der Waals surface area contributed by atoms with Gasteiger partial charge in [0.2, 0.25) is 9.84 Å². The zero-order chi connectivity index (χ0) is 18.8. The molecule has 0 N–H and O–H groups in total. The molecule has 0 aliphatic heterocycles. The topological polar surface area (TPSA) is 72.3 Å². The number of carbonyl (C=O) groups excluding carboxylic acids is 1. The Kier molecular flexibility index (Phi) is 5.79. The number of nitrogens with zero attached hydrogens (tertiary/aromatic N) is 3. The molecule has 1 aromatic heterocycles. The van der Waals surface area contributed by atoms with Crippen molar-refractivity contribution < 1.29 is 22.0 Å². The molecule has 136 valence electrons. The van der Waals surface area contributed by atoms with Gasteiger partial charge in [-0.05, 0) is 32.0 Å². The van der Waals surface area contributed by atoms with E-state index in [0.717, 1.165) is 12.3 Å². The molecule has 1 amide bonds. The van der Waals surface area contributed by atoms with Crippen LogP contribution in [-0.4, -0.2) is 42.2 Å². The van der Waals surface area contributed by atoms with Gasteiger partial charge in [0.25, 0.3) is 6.43 Å². The summed E-state index contributed by atoms with van der Waals surface area (Å²) in [6, 6.07) is 4.52. The number of halogens is 3. The molecule has 1 heterocycles. The first kappa shape index (κ1) is 19.3. The number of sulfone groups is 1. The molecule has 0 saturated heterocycles. The second kappa shape index (κ2) is 7.49. The van der Waals surface area contributed by atoms with Crippen LogP contribution in [0.15, 0.2) is 40.4 Å². The van der Waals surface area contributed by atoms with E-state index in [1.165, 1.54) is 23.1 Å². The summed E-state index contributed by atoms with van der Waals surface area (Å²) in [6.45, 7) is 4.08. The van der Waals surface area contributed by atoms with Crippen LogP contribution in [-0.2, 0) is 9.84 Å². The highest BCUT2D eigenvalue weighted by Crippen LogP contribution is 2.30. The Hall–Kier alpha value is -2.00. The predicted molar refractivity (Wildman–Crippen MR) is 87.8 cm³/mol. The third-order valence-corrected chi connectivity index (χ3v) is 5.47. The van der Waals surface area contributed by atoms with Crippen molar-refractivity contribution in [2.45, 2.75) is 30.2 Å². The fourth-order valence-corrected chi connectivity index (χ4v) is 3.88. The number of rotatable bonds is 5. The number of carbonyl (C=O) groups is 1. The summed E-state index contributed by atoms with van der Waals surface area (Å²) < 4.78 is 52.6. The molecule has 6 nitrogen and oxygen atoms in total. The van der Waals surface area contributed by atoms with Gasteiger partial charge in [-0.25, -0.2) is 22.0 Å². The molecular formula is C15H16ClF2N3O3S. The van der Waals surface area contributed by atoms with Gasteiger partial charge in [0, 0.05) is 24.3 Å². The van der Waals surface area contributed by atoms with Crippen LogP contribution in [0, 0.1) is 0 Å². The first-order valence-electron chi connectivity index (χ1n) is 7.40. The highest BCUT2D eigenvalue weighted by atomic mass is 35.5. The number of aromatic nitrogens is 2. The number of hydrogen-bond donors (Lipinski definition) is 0. The van der Waals surface area contributed by atoms with E-state index in [1.807, 2.05) is 0 Å². The van der Waals surface area contributed by atoms with E-state index in [9.17, 15) is 22.0 Å². The number of hydrogen-bond acceptors (Lipinski definition) is 4. The number of amides is 1. The average molecular weight is 392 g/mol. The monoisotopic (exact) mass is 391 g/mol. The van der Waals surface area contributed by atoms with Crippen molar-refractivity contribution in [1.29, 1.82) is 0 Å². The lowest BCUT2D eigenvalue weighted by atomic mass is 10.4. The molecule has 0 bridgehead atoms. The Morgan fingerprint density at radius 2 is 1.96 bits per heavy atom. The minimum atomic E-state index is -4.36. The highest BCUT2D eigenvalue weighted by molar-refractivity contribution is 7.91.